The lowest BCUT2D eigenvalue weighted by Crippen LogP contribution is -2.23. The normalized spacial score (nSPS) is 18.0. The Kier molecular flexibility index (Phi) is 3.98. The number of hydrogen-bond donors (Lipinski definition) is 2. The van der Waals surface area contributed by atoms with E-state index in [0.29, 0.717) is 17.2 Å². The van der Waals surface area contributed by atoms with Crippen LogP contribution in [0.1, 0.15) is 29.2 Å². The van der Waals surface area contributed by atoms with Crippen LogP contribution in [0, 0.1) is 24.7 Å². The Balaban J connectivity index is 1.61. The van der Waals surface area contributed by atoms with Gasteiger partial charge >= 0.3 is 5.69 Å². The van der Waals surface area contributed by atoms with Crippen molar-refractivity contribution < 1.29 is 0 Å². The number of aromatic amines is 2. The van der Waals surface area contributed by atoms with Crippen molar-refractivity contribution in [2.45, 2.75) is 19.3 Å². The van der Waals surface area contributed by atoms with Crippen LogP contribution in [-0.4, -0.2) is 20.2 Å². The van der Waals surface area contributed by atoms with Crippen molar-refractivity contribution in [3.8, 4) is 23.1 Å². The Hall–Kier alpha value is -3.46. The van der Waals surface area contributed by atoms with Crippen molar-refractivity contribution in [2.75, 3.05) is 0 Å². The number of aromatic nitrogens is 4. The summed E-state index contributed by atoms with van der Waals surface area (Å²) >= 11 is 0. The summed E-state index contributed by atoms with van der Waals surface area (Å²) in [6.07, 6.45) is 2.33. The molecule has 128 valence electrons. The second-order valence-corrected chi connectivity index (χ2v) is 6.34. The van der Waals surface area contributed by atoms with Crippen LogP contribution in [0.3, 0.4) is 0 Å². The number of hydrogen-bond acceptors (Lipinski definition) is 4. The maximum absolute atomic E-state index is 12.0. The average molecular weight is 344 g/mol. The van der Waals surface area contributed by atoms with E-state index in [0.717, 1.165) is 23.2 Å². The van der Waals surface area contributed by atoms with Gasteiger partial charge in [-0.1, -0.05) is 30.0 Å². The standard InChI is InChI=1S/C20H16N4O2/c1-12-15(16-9-14(16)8-7-13-5-3-2-4-6-13)10-18(24-23-12)17-11-21-20(26)22-19(17)25/h2-6,10-11,14,16H,9H2,1H3,(H2,21,22,25,26)/t14-,16-/m0/s1. The molecule has 0 unspecified atom stereocenters. The molecule has 3 aromatic rings. The van der Waals surface area contributed by atoms with Gasteiger partial charge in [0, 0.05) is 23.6 Å². The molecule has 1 aliphatic rings. The Morgan fingerprint density at radius 3 is 2.73 bits per heavy atom. The fraction of sp³-hybridized carbons (Fsp3) is 0.200. The summed E-state index contributed by atoms with van der Waals surface area (Å²) in [5.74, 6) is 7.09. The highest BCUT2D eigenvalue weighted by Crippen LogP contribution is 2.48. The maximum Gasteiger partial charge on any atom is 0.325 e. The van der Waals surface area contributed by atoms with Crippen LogP contribution < -0.4 is 11.2 Å². The van der Waals surface area contributed by atoms with E-state index in [4.69, 9.17) is 0 Å². The SMILES string of the molecule is Cc1nnc(-c2c[nH]c(=O)[nH]c2=O)cc1[C@H]1C[C@@H]1C#Cc1ccccc1. The molecule has 2 atom stereocenters. The highest BCUT2D eigenvalue weighted by Gasteiger charge is 2.38. The summed E-state index contributed by atoms with van der Waals surface area (Å²) < 4.78 is 0. The second-order valence-electron chi connectivity index (χ2n) is 6.34. The van der Waals surface area contributed by atoms with E-state index in [1.807, 2.05) is 43.3 Å². The highest BCUT2D eigenvalue weighted by molar-refractivity contribution is 5.58. The Labute approximate surface area is 149 Å². The van der Waals surface area contributed by atoms with Gasteiger partial charge in [0.05, 0.1) is 11.3 Å². The third-order valence-electron chi connectivity index (χ3n) is 4.48. The number of rotatable bonds is 2. The molecule has 0 saturated heterocycles. The lowest BCUT2D eigenvalue weighted by atomic mass is 10.1. The molecule has 0 bridgehead atoms. The predicted molar refractivity (Wildman–Crippen MR) is 97.6 cm³/mol. The minimum absolute atomic E-state index is 0.278. The molecule has 4 rings (SSSR count). The molecule has 0 amide bonds. The minimum atomic E-state index is -0.544. The van der Waals surface area contributed by atoms with E-state index < -0.39 is 11.2 Å². The van der Waals surface area contributed by atoms with Gasteiger partial charge < -0.3 is 4.98 Å². The summed E-state index contributed by atoms with van der Waals surface area (Å²) in [6, 6.07) is 11.8. The topological polar surface area (TPSA) is 91.5 Å². The molecule has 1 fully saturated rings. The van der Waals surface area contributed by atoms with Gasteiger partial charge in [-0.3, -0.25) is 9.78 Å². The van der Waals surface area contributed by atoms with E-state index in [2.05, 4.69) is 32.0 Å². The van der Waals surface area contributed by atoms with Gasteiger partial charge in [0.1, 0.15) is 5.69 Å². The van der Waals surface area contributed by atoms with Crippen LogP contribution in [0.25, 0.3) is 11.3 Å². The van der Waals surface area contributed by atoms with Crippen molar-refractivity contribution in [3.63, 3.8) is 0 Å². The number of nitrogens with one attached hydrogen (secondary N) is 2. The Morgan fingerprint density at radius 2 is 1.96 bits per heavy atom. The smallest absolute Gasteiger partial charge is 0.313 e. The Bertz CT molecular complexity index is 1140. The summed E-state index contributed by atoms with van der Waals surface area (Å²) in [6.45, 7) is 1.91. The fourth-order valence-corrected chi connectivity index (χ4v) is 2.97. The van der Waals surface area contributed by atoms with Gasteiger partial charge in [-0.15, -0.1) is 5.10 Å². The lowest BCUT2D eigenvalue weighted by Gasteiger charge is -2.05. The van der Waals surface area contributed by atoms with E-state index in [1.165, 1.54) is 6.20 Å². The fourth-order valence-electron chi connectivity index (χ4n) is 2.97. The van der Waals surface area contributed by atoms with Gasteiger partial charge in [-0.25, -0.2) is 4.79 Å². The molecule has 0 radical (unpaired) electrons. The molecule has 6 nitrogen and oxygen atoms in total. The number of nitrogens with zero attached hydrogens (tertiary/aromatic N) is 2. The first-order valence-electron chi connectivity index (χ1n) is 8.35. The van der Waals surface area contributed by atoms with E-state index in [9.17, 15) is 9.59 Å². The first-order chi connectivity index (χ1) is 12.6. The molecule has 1 saturated carbocycles. The molecule has 2 heterocycles. The van der Waals surface area contributed by atoms with Crippen LogP contribution in [0.4, 0.5) is 0 Å². The van der Waals surface area contributed by atoms with Crippen LogP contribution in [0.15, 0.2) is 52.2 Å². The number of aryl methyl sites for hydroxylation is 1. The summed E-state index contributed by atoms with van der Waals surface area (Å²) in [7, 11) is 0. The first-order valence-corrected chi connectivity index (χ1v) is 8.35. The largest absolute Gasteiger partial charge is 0.325 e. The average Bonchev–Trinajstić information content (AvgIpc) is 3.41. The van der Waals surface area contributed by atoms with Gasteiger partial charge in [0.2, 0.25) is 0 Å². The molecule has 6 heteroatoms. The summed E-state index contributed by atoms with van der Waals surface area (Å²) in [4.78, 5) is 27.8. The highest BCUT2D eigenvalue weighted by atomic mass is 16.2. The zero-order valence-electron chi connectivity index (χ0n) is 14.1. The van der Waals surface area contributed by atoms with Gasteiger partial charge in [-0.2, -0.15) is 5.10 Å². The Morgan fingerprint density at radius 1 is 1.15 bits per heavy atom. The zero-order valence-corrected chi connectivity index (χ0v) is 14.1. The van der Waals surface area contributed by atoms with E-state index >= 15 is 0 Å². The van der Waals surface area contributed by atoms with Crippen molar-refractivity contribution in [3.05, 3.63) is 80.3 Å². The molecule has 0 spiro atoms. The third kappa shape index (κ3) is 3.20. The maximum atomic E-state index is 12.0. The molecule has 1 aliphatic carbocycles. The minimum Gasteiger partial charge on any atom is -0.313 e. The number of H-pyrrole nitrogens is 2. The van der Waals surface area contributed by atoms with Gasteiger partial charge in [0.15, 0.2) is 0 Å². The quantitative estimate of drug-likeness (QED) is 0.696. The molecular weight excluding hydrogens is 328 g/mol. The van der Waals surface area contributed by atoms with Gasteiger partial charge in [0.25, 0.3) is 5.56 Å². The molecule has 0 aliphatic heterocycles. The molecule has 1 aromatic carbocycles. The monoisotopic (exact) mass is 344 g/mol. The summed E-state index contributed by atoms with van der Waals surface area (Å²) in [5.41, 5.74) is 2.61. The zero-order chi connectivity index (χ0) is 18.1. The van der Waals surface area contributed by atoms with E-state index in [1.54, 1.807) is 0 Å². The van der Waals surface area contributed by atoms with Crippen LogP contribution in [0.2, 0.25) is 0 Å². The lowest BCUT2D eigenvalue weighted by molar-refractivity contribution is 0.912. The second kappa shape index (κ2) is 6.45. The van der Waals surface area contributed by atoms with E-state index in [-0.39, 0.29) is 5.92 Å². The molecule has 2 N–H and O–H groups in total. The van der Waals surface area contributed by atoms with Crippen LogP contribution in [-0.2, 0) is 0 Å². The van der Waals surface area contributed by atoms with Crippen LogP contribution in [0.5, 0.6) is 0 Å². The van der Waals surface area contributed by atoms with Crippen molar-refractivity contribution in [2.24, 2.45) is 5.92 Å². The third-order valence-corrected chi connectivity index (χ3v) is 4.48. The molecule has 26 heavy (non-hydrogen) atoms. The van der Waals surface area contributed by atoms with Crippen molar-refractivity contribution >= 4 is 0 Å². The summed E-state index contributed by atoms with van der Waals surface area (Å²) in [5, 5.41) is 8.29. The van der Waals surface area contributed by atoms with Crippen molar-refractivity contribution in [1.82, 2.24) is 20.2 Å². The van der Waals surface area contributed by atoms with Crippen molar-refractivity contribution in [1.29, 1.82) is 0 Å². The molecule has 2 aromatic heterocycles. The molecular formula is C20H16N4O2. The number of benzene rings is 1. The predicted octanol–water partition coefficient (Wildman–Crippen LogP) is 1.98. The van der Waals surface area contributed by atoms with Crippen LogP contribution >= 0.6 is 0 Å². The van der Waals surface area contributed by atoms with Gasteiger partial charge in [-0.05, 0) is 37.1 Å². The first kappa shape index (κ1) is 16.0.